The lowest BCUT2D eigenvalue weighted by Crippen LogP contribution is -2.24. The van der Waals surface area contributed by atoms with E-state index in [1.54, 1.807) is 50.5 Å². The highest BCUT2D eigenvalue weighted by Gasteiger charge is 2.16. The van der Waals surface area contributed by atoms with Gasteiger partial charge in [0.2, 0.25) is 12.3 Å². The molecule has 2 heterocycles. The van der Waals surface area contributed by atoms with E-state index in [1.165, 1.54) is 26.5 Å². The normalized spacial score (nSPS) is 12.4. The van der Waals surface area contributed by atoms with Gasteiger partial charge in [0, 0.05) is 70.8 Å². The molecule has 0 radical (unpaired) electrons. The summed E-state index contributed by atoms with van der Waals surface area (Å²) in [6.45, 7) is 3.57. The first-order valence-electron chi connectivity index (χ1n) is 11.2. The van der Waals surface area contributed by atoms with Crippen molar-refractivity contribution in [3.8, 4) is 0 Å². The SMILES string of the molecule is C/C(=C(\CCO)SS/C(CCO)=C(\C)NC(=O)Cc1cccnc1N)N(C=O)Cc1cccnc1N. The van der Waals surface area contributed by atoms with E-state index < -0.39 is 0 Å². The van der Waals surface area contributed by atoms with Crippen LogP contribution in [0.15, 0.2) is 57.9 Å². The highest BCUT2D eigenvalue weighted by molar-refractivity contribution is 8.79. The lowest BCUT2D eigenvalue weighted by molar-refractivity contribution is -0.119. The number of nitrogen functional groups attached to an aromatic ring is 2. The van der Waals surface area contributed by atoms with E-state index in [2.05, 4.69) is 15.3 Å². The van der Waals surface area contributed by atoms with Gasteiger partial charge in [-0.25, -0.2) is 9.97 Å². The quantitative estimate of drug-likeness (QED) is 0.180. The number of pyridine rings is 2. The van der Waals surface area contributed by atoms with Crippen molar-refractivity contribution in [3.05, 3.63) is 69.0 Å². The van der Waals surface area contributed by atoms with Gasteiger partial charge in [-0.1, -0.05) is 33.7 Å². The molecule has 7 N–H and O–H groups in total. The molecule has 0 spiro atoms. The first kappa shape index (κ1) is 29.2. The Bertz CT molecular complexity index is 1110. The Hall–Kier alpha value is -3.06. The Morgan fingerprint density at radius 3 is 2.11 bits per heavy atom. The van der Waals surface area contributed by atoms with E-state index in [0.717, 1.165) is 9.81 Å². The number of carbonyl (C=O) groups excluding carboxylic acids is 2. The van der Waals surface area contributed by atoms with Crippen LogP contribution in [0.5, 0.6) is 0 Å². The zero-order valence-corrected chi connectivity index (χ0v) is 21.9. The van der Waals surface area contributed by atoms with Gasteiger partial charge in [0.15, 0.2) is 0 Å². The van der Waals surface area contributed by atoms with Gasteiger partial charge in [-0.3, -0.25) is 9.59 Å². The number of nitrogens with one attached hydrogen (secondary N) is 1. The van der Waals surface area contributed by atoms with Crippen LogP contribution in [0.1, 0.15) is 37.8 Å². The van der Waals surface area contributed by atoms with Crippen LogP contribution < -0.4 is 16.8 Å². The molecule has 0 saturated heterocycles. The van der Waals surface area contributed by atoms with Crippen molar-refractivity contribution in [3.63, 3.8) is 0 Å². The van der Waals surface area contributed by atoms with E-state index in [4.69, 9.17) is 11.5 Å². The molecule has 0 bridgehead atoms. The van der Waals surface area contributed by atoms with E-state index >= 15 is 0 Å². The second-order valence-electron chi connectivity index (χ2n) is 7.72. The van der Waals surface area contributed by atoms with Gasteiger partial charge in [-0.2, -0.15) is 0 Å². The van der Waals surface area contributed by atoms with Gasteiger partial charge >= 0.3 is 0 Å². The monoisotopic (exact) mass is 532 g/mol. The highest BCUT2D eigenvalue weighted by Crippen LogP contribution is 2.42. The topological polar surface area (TPSA) is 168 Å². The summed E-state index contributed by atoms with van der Waals surface area (Å²) in [6, 6.07) is 7.01. The van der Waals surface area contributed by atoms with Crippen LogP contribution in [0.2, 0.25) is 0 Å². The number of aromatic nitrogens is 2. The van der Waals surface area contributed by atoms with Crippen LogP contribution in [-0.2, 0) is 22.6 Å². The number of allylic oxidation sites excluding steroid dienone is 2. The Balaban J connectivity index is 2.17. The number of aliphatic hydroxyl groups is 2. The maximum absolute atomic E-state index is 12.6. The van der Waals surface area contributed by atoms with E-state index in [0.29, 0.717) is 53.4 Å². The van der Waals surface area contributed by atoms with Gasteiger partial charge in [0.1, 0.15) is 11.6 Å². The summed E-state index contributed by atoms with van der Waals surface area (Å²) < 4.78 is 0. The molecule has 12 heteroatoms. The number of carbonyl (C=O) groups is 2. The van der Waals surface area contributed by atoms with Crippen LogP contribution in [0.3, 0.4) is 0 Å². The molecule has 0 aliphatic rings. The molecule has 2 aromatic heterocycles. The molecule has 0 saturated carbocycles. The fraction of sp³-hybridized carbons (Fsp3) is 0.333. The van der Waals surface area contributed by atoms with Crippen molar-refractivity contribution in [2.24, 2.45) is 0 Å². The zero-order valence-electron chi connectivity index (χ0n) is 20.3. The van der Waals surface area contributed by atoms with Crippen LogP contribution in [0, 0.1) is 0 Å². The second kappa shape index (κ2) is 15.1. The summed E-state index contributed by atoms with van der Waals surface area (Å²) in [5.74, 6) is 0.393. The summed E-state index contributed by atoms with van der Waals surface area (Å²) >= 11 is 0. The van der Waals surface area contributed by atoms with Crippen molar-refractivity contribution < 1.29 is 19.8 Å². The standard InChI is InChI=1S/C24H32N6O4S2/c1-16(29-22(34)13-18-5-3-9-27-23(18)25)20(7-11-31)35-36-21(8-12-32)17(2)30(15-33)14-19-6-4-10-28-24(19)26/h3-6,9-10,15,31-32H,7-8,11-14H2,1-2H3,(H2,25,27)(H2,26,28)(H,29,34)/b20-16+,21-17-. The third kappa shape index (κ3) is 8.86. The minimum Gasteiger partial charge on any atom is -0.396 e. The fourth-order valence-electron chi connectivity index (χ4n) is 3.14. The minimum atomic E-state index is -0.253. The molecule has 36 heavy (non-hydrogen) atoms. The predicted molar refractivity (Wildman–Crippen MR) is 145 cm³/mol. The van der Waals surface area contributed by atoms with Gasteiger partial charge in [-0.15, -0.1) is 0 Å². The molecular weight excluding hydrogens is 500 g/mol. The maximum Gasteiger partial charge on any atom is 0.228 e. The number of hydrogen-bond donors (Lipinski definition) is 5. The molecule has 10 nitrogen and oxygen atoms in total. The number of rotatable bonds is 14. The molecule has 0 aromatic carbocycles. The first-order valence-corrected chi connectivity index (χ1v) is 13.3. The number of aliphatic hydroxyl groups excluding tert-OH is 2. The lowest BCUT2D eigenvalue weighted by atomic mass is 10.2. The highest BCUT2D eigenvalue weighted by atomic mass is 33.1. The van der Waals surface area contributed by atoms with Gasteiger partial charge in [-0.05, 0) is 26.0 Å². The Morgan fingerprint density at radius 2 is 1.56 bits per heavy atom. The van der Waals surface area contributed by atoms with Crippen molar-refractivity contribution >= 4 is 45.5 Å². The first-order chi connectivity index (χ1) is 17.3. The average Bonchev–Trinajstić information content (AvgIpc) is 2.86. The Labute approximate surface area is 218 Å². The average molecular weight is 533 g/mol. The van der Waals surface area contributed by atoms with Crippen molar-refractivity contribution in [2.75, 3.05) is 24.7 Å². The van der Waals surface area contributed by atoms with Crippen LogP contribution in [0.4, 0.5) is 11.6 Å². The molecule has 0 unspecified atom stereocenters. The number of hydrogen-bond acceptors (Lipinski definition) is 10. The van der Waals surface area contributed by atoms with Crippen LogP contribution in [0.25, 0.3) is 0 Å². The molecule has 0 fully saturated rings. The fourth-order valence-corrected chi connectivity index (χ4v) is 5.94. The van der Waals surface area contributed by atoms with Crippen molar-refractivity contribution in [2.45, 2.75) is 39.7 Å². The minimum absolute atomic E-state index is 0.0712. The summed E-state index contributed by atoms with van der Waals surface area (Å²) in [5.41, 5.74) is 14.4. The maximum atomic E-state index is 12.6. The molecule has 2 rings (SSSR count). The molecule has 2 amide bonds. The zero-order chi connectivity index (χ0) is 26.5. The summed E-state index contributed by atoms with van der Waals surface area (Å²) in [5, 5.41) is 22.0. The molecule has 0 aliphatic carbocycles. The summed E-state index contributed by atoms with van der Waals surface area (Å²) in [4.78, 5) is 35.5. The molecular formula is C24H32N6O4S2. The number of nitrogens with two attached hydrogens (primary N) is 2. The molecule has 0 atom stereocenters. The van der Waals surface area contributed by atoms with Crippen LogP contribution >= 0.6 is 21.6 Å². The lowest BCUT2D eigenvalue weighted by Gasteiger charge is -2.22. The van der Waals surface area contributed by atoms with Crippen LogP contribution in [-0.4, -0.2) is 50.6 Å². The smallest absolute Gasteiger partial charge is 0.228 e. The van der Waals surface area contributed by atoms with Gasteiger partial charge in [0.25, 0.3) is 0 Å². The van der Waals surface area contributed by atoms with E-state index in [9.17, 15) is 19.8 Å². The second-order valence-corrected chi connectivity index (χ2v) is 10.0. The molecule has 2 aromatic rings. The van der Waals surface area contributed by atoms with Gasteiger partial charge in [0.05, 0.1) is 13.0 Å². The van der Waals surface area contributed by atoms with E-state index in [-0.39, 0.29) is 32.1 Å². The summed E-state index contributed by atoms with van der Waals surface area (Å²) in [7, 11) is 2.72. The van der Waals surface area contributed by atoms with E-state index in [1.807, 2.05) is 0 Å². The Kier molecular flexibility index (Phi) is 12.3. The third-order valence-corrected chi connectivity index (χ3v) is 8.12. The molecule has 194 valence electrons. The number of anilines is 2. The van der Waals surface area contributed by atoms with Crippen molar-refractivity contribution in [1.82, 2.24) is 20.2 Å². The number of nitrogens with zero attached hydrogens (tertiary/aromatic N) is 3. The Morgan fingerprint density at radius 1 is 1.00 bits per heavy atom. The third-order valence-electron chi connectivity index (χ3n) is 5.17. The largest absolute Gasteiger partial charge is 0.396 e. The summed E-state index contributed by atoms with van der Waals surface area (Å²) in [6.07, 6.45) is 4.58. The number of amides is 2. The molecule has 0 aliphatic heterocycles. The van der Waals surface area contributed by atoms with Gasteiger partial charge < -0.3 is 31.9 Å². The predicted octanol–water partition coefficient (Wildman–Crippen LogP) is 2.57. The van der Waals surface area contributed by atoms with Crippen molar-refractivity contribution in [1.29, 1.82) is 0 Å².